The lowest BCUT2D eigenvalue weighted by Crippen LogP contribution is -2.54. The molecular weight excluding hydrogens is 384 g/mol. The molecule has 0 heterocycles. The normalized spacial score (nSPS) is 45.5. The van der Waals surface area contributed by atoms with Gasteiger partial charge in [0.2, 0.25) is 0 Å². The Kier molecular flexibility index (Phi) is 6.73. The lowest BCUT2D eigenvalue weighted by atomic mass is 9.44. The van der Waals surface area contributed by atoms with Crippen LogP contribution in [-0.2, 0) is 4.74 Å². The number of ether oxygens (including phenoxy) is 1. The van der Waals surface area contributed by atoms with Crippen LogP contribution in [0.4, 0.5) is 4.79 Å². The molecule has 0 aliphatic heterocycles. The highest BCUT2D eigenvalue weighted by molar-refractivity contribution is 5.57. The average Bonchev–Trinajstić information content (AvgIpc) is 3.05. The lowest BCUT2D eigenvalue weighted by Gasteiger charge is -2.61. The highest BCUT2D eigenvalue weighted by Crippen LogP contribution is 2.68. The molecule has 0 aromatic heterocycles. The molecule has 0 aromatic carbocycles. The van der Waals surface area contributed by atoms with Gasteiger partial charge in [-0.15, -0.1) is 0 Å². The molecule has 5 unspecified atom stereocenters. The van der Waals surface area contributed by atoms with E-state index < -0.39 is 6.16 Å². The average molecular weight is 433 g/mol. The lowest BCUT2D eigenvalue weighted by molar-refractivity contribution is -0.131. The summed E-state index contributed by atoms with van der Waals surface area (Å²) in [4.78, 5) is 11.1. The van der Waals surface area contributed by atoms with Crippen molar-refractivity contribution in [2.24, 2.45) is 52.3 Å². The van der Waals surface area contributed by atoms with E-state index in [1.54, 1.807) is 0 Å². The maximum atomic E-state index is 11.1. The standard InChI is InChI=1S/C28H48O3/c1-18(2)7-6-8-19(3)23-11-12-24-22-10-9-20-17-21(31-26(29)30)13-15-27(20,4)25(22)14-16-28(23,24)5/h18-25H,6-17H2,1-5H3,(H,29,30)/t19-,20?,21?,22?,23-,24?,25?,27+,28-/m1/s1. The van der Waals surface area contributed by atoms with Gasteiger partial charge in [-0.1, -0.05) is 53.9 Å². The Morgan fingerprint density at radius 2 is 1.65 bits per heavy atom. The molecule has 4 aliphatic carbocycles. The quantitative estimate of drug-likeness (QED) is 0.430. The van der Waals surface area contributed by atoms with E-state index >= 15 is 0 Å². The van der Waals surface area contributed by atoms with Crippen molar-refractivity contribution in [2.45, 2.75) is 118 Å². The SMILES string of the molecule is CC(C)CCC[C@@H](C)[C@H]1CCC2C3CCC4CC(OC(=O)O)CC[C@]4(C)C3CC[C@@]21C. The van der Waals surface area contributed by atoms with Gasteiger partial charge in [0.15, 0.2) is 0 Å². The molecule has 0 saturated heterocycles. The minimum Gasteiger partial charge on any atom is -0.450 e. The van der Waals surface area contributed by atoms with Gasteiger partial charge in [-0.3, -0.25) is 0 Å². The van der Waals surface area contributed by atoms with Crippen LogP contribution in [0.15, 0.2) is 0 Å². The van der Waals surface area contributed by atoms with Crippen molar-refractivity contribution in [1.82, 2.24) is 0 Å². The van der Waals surface area contributed by atoms with Crippen molar-refractivity contribution >= 4 is 6.16 Å². The summed E-state index contributed by atoms with van der Waals surface area (Å²) < 4.78 is 5.21. The number of carboxylic acid groups (broad SMARTS) is 1. The Labute approximate surface area is 191 Å². The molecule has 9 atom stereocenters. The van der Waals surface area contributed by atoms with Crippen molar-refractivity contribution in [3.8, 4) is 0 Å². The molecule has 31 heavy (non-hydrogen) atoms. The van der Waals surface area contributed by atoms with Gasteiger partial charge in [0.25, 0.3) is 0 Å². The maximum absolute atomic E-state index is 11.1. The van der Waals surface area contributed by atoms with Crippen LogP contribution in [0.5, 0.6) is 0 Å². The Hall–Kier alpha value is -0.730. The van der Waals surface area contributed by atoms with E-state index in [-0.39, 0.29) is 6.10 Å². The molecule has 3 nitrogen and oxygen atoms in total. The van der Waals surface area contributed by atoms with Crippen LogP contribution < -0.4 is 0 Å². The molecule has 1 N–H and O–H groups in total. The van der Waals surface area contributed by atoms with Crippen LogP contribution in [0.3, 0.4) is 0 Å². The van der Waals surface area contributed by atoms with E-state index in [0.29, 0.717) is 16.7 Å². The molecule has 0 bridgehead atoms. The maximum Gasteiger partial charge on any atom is 0.506 e. The second kappa shape index (κ2) is 8.90. The number of hydrogen-bond donors (Lipinski definition) is 1. The zero-order valence-electron chi connectivity index (χ0n) is 20.9. The van der Waals surface area contributed by atoms with E-state index in [2.05, 4.69) is 34.6 Å². The smallest absolute Gasteiger partial charge is 0.450 e. The Bertz CT molecular complexity index is 644. The minimum atomic E-state index is -1.09. The summed E-state index contributed by atoms with van der Waals surface area (Å²) in [5.74, 6) is 5.98. The first kappa shape index (κ1) is 23.4. The summed E-state index contributed by atoms with van der Waals surface area (Å²) in [7, 11) is 0. The molecule has 0 spiro atoms. The number of rotatable bonds is 6. The molecule has 178 valence electrons. The molecule has 4 aliphatic rings. The zero-order chi connectivity index (χ0) is 22.4. The molecule has 3 heteroatoms. The number of hydrogen-bond acceptors (Lipinski definition) is 2. The van der Waals surface area contributed by atoms with E-state index in [4.69, 9.17) is 9.84 Å². The van der Waals surface area contributed by atoms with E-state index in [0.717, 1.165) is 54.8 Å². The fourth-order valence-electron chi connectivity index (χ4n) is 9.49. The van der Waals surface area contributed by atoms with Crippen LogP contribution in [0, 0.1) is 52.3 Å². The second-order valence-electron chi connectivity index (χ2n) is 13.0. The monoisotopic (exact) mass is 432 g/mol. The molecule has 4 saturated carbocycles. The third-order valence-corrected chi connectivity index (χ3v) is 11.1. The van der Waals surface area contributed by atoms with E-state index in [1.165, 1.54) is 57.8 Å². The summed E-state index contributed by atoms with van der Waals surface area (Å²) in [6.45, 7) is 12.5. The first-order valence-electron chi connectivity index (χ1n) is 13.5. The molecule has 0 aromatic rings. The van der Waals surface area contributed by atoms with Crippen LogP contribution in [0.2, 0.25) is 0 Å². The van der Waals surface area contributed by atoms with Crippen molar-refractivity contribution < 1.29 is 14.6 Å². The van der Waals surface area contributed by atoms with Gasteiger partial charge >= 0.3 is 6.16 Å². The predicted octanol–water partition coefficient (Wildman–Crippen LogP) is 8.17. The van der Waals surface area contributed by atoms with Gasteiger partial charge in [-0.25, -0.2) is 4.79 Å². The topological polar surface area (TPSA) is 46.5 Å². The van der Waals surface area contributed by atoms with E-state index in [9.17, 15) is 4.79 Å². The van der Waals surface area contributed by atoms with Gasteiger partial charge in [0.05, 0.1) is 0 Å². The molecule has 0 amide bonds. The summed E-state index contributed by atoms with van der Waals surface area (Å²) in [6, 6.07) is 0. The summed E-state index contributed by atoms with van der Waals surface area (Å²) in [5, 5.41) is 9.07. The highest BCUT2D eigenvalue weighted by atomic mass is 16.7. The molecule has 4 rings (SSSR count). The first-order valence-corrected chi connectivity index (χ1v) is 13.5. The Morgan fingerprint density at radius 3 is 2.35 bits per heavy atom. The van der Waals surface area contributed by atoms with Crippen molar-refractivity contribution in [3.63, 3.8) is 0 Å². The van der Waals surface area contributed by atoms with E-state index in [1.807, 2.05) is 0 Å². The Morgan fingerprint density at radius 1 is 0.935 bits per heavy atom. The summed E-state index contributed by atoms with van der Waals surface area (Å²) >= 11 is 0. The molecule has 4 fully saturated rings. The summed E-state index contributed by atoms with van der Waals surface area (Å²) in [5.41, 5.74) is 0.967. The predicted molar refractivity (Wildman–Crippen MR) is 126 cm³/mol. The summed E-state index contributed by atoms with van der Waals surface area (Å²) in [6.07, 6.45) is 14.5. The minimum absolute atomic E-state index is 0.0662. The number of carbonyl (C=O) groups is 1. The van der Waals surface area contributed by atoms with Crippen LogP contribution >= 0.6 is 0 Å². The second-order valence-corrected chi connectivity index (χ2v) is 13.0. The van der Waals surface area contributed by atoms with Gasteiger partial charge < -0.3 is 9.84 Å². The third-order valence-electron chi connectivity index (χ3n) is 11.1. The van der Waals surface area contributed by atoms with Crippen molar-refractivity contribution in [1.29, 1.82) is 0 Å². The number of fused-ring (bicyclic) bond motifs is 5. The molecular formula is C28H48O3. The fourth-order valence-corrected chi connectivity index (χ4v) is 9.49. The fraction of sp³-hybridized carbons (Fsp3) is 0.964. The molecule has 0 radical (unpaired) electrons. The van der Waals surface area contributed by atoms with Crippen LogP contribution in [-0.4, -0.2) is 17.4 Å². The first-order chi connectivity index (χ1) is 14.6. The van der Waals surface area contributed by atoms with Crippen LogP contribution in [0.25, 0.3) is 0 Å². The van der Waals surface area contributed by atoms with Crippen LogP contribution in [0.1, 0.15) is 112 Å². The van der Waals surface area contributed by atoms with Gasteiger partial charge in [0.1, 0.15) is 6.10 Å². The van der Waals surface area contributed by atoms with Gasteiger partial charge in [-0.05, 0) is 110 Å². The zero-order valence-corrected chi connectivity index (χ0v) is 20.9. The largest absolute Gasteiger partial charge is 0.506 e. The Balaban J connectivity index is 1.43. The van der Waals surface area contributed by atoms with Crippen molar-refractivity contribution in [3.05, 3.63) is 0 Å². The van der Waals surface area contributed by atoms with Gasteiger partial charge in [0, 0.05) is 0 Å². The highest BCUT2D eigenvalue weighted by Gasteiger charge is 2.60. The van der Waals surface area contributed by atoms with Crippen molar-refractivity contribution in [2.75, 3.05) is 0 Å². The third kappa shape index (κ3) is 4.29. The van der Waals surface area contributed by atoms with Gasteiger partial charge in [-0.2, -0.15) is 0 Å².